The summed E-state index contributed by atoms with van der Waals surface area (Å²) in [5, 5.41) is 14.1. The summed E-state index contributed by atoms with van der Waals surface area (Å²) < 4.78 is 23.6. The lowest BCUT2D eigenvalue weighted by atomic mass is 10.0. The largest absolute Gasteiger partial charge is 0.756 e. The van der Waals surface area contributed by atoms with Gasteiger partial charge in [0, 0.05) is 6.42 Å². The van der Waals surface area contributed by atoms with E-state index in [1.165, 1.54) is 302 Å². The molecule has 9 heteroatoms. The number of phosphoric ester groups is 1. The van der Waals surface area contributed by atoms with Gasteiger partial charge in [-0.15, -0.1) is 0 Å². The Morgan fingerprint density at radius 3 is 1.01 bits per heavy atom. The van der Waals surface area contributed by atoms with E-state index in [2.05, 4.69) is 55.6 Å². The molecule has 492 valence electrons. The molecule has 2 N–H and O–H groups in total. The third kappa shape index (κ3) is 68.1. The standard InChI is InChI=1S/C74H145N2O6P/c1-6-8-10-12-14-16-18-20-22-24-26-28-30-32-34-36-38-40-42-44-46-48-50-52-54-56-58-60-62-64-66-68-74(78)75-72(71-82-83(79,80)81-70-69-76(3,4)5)73(77)67-65-63-61-59-57-55-53-51-49-47-45-43-41-39-37-35-33-31-29-27-25-23-21-19-17-15-13-11-9-7-2/h18,20,24,26,30,32,72-73,77H,6-17,19,21-23,25,27-29,31,33-71H2,1-5H3,(H-,75,78,79,80)/b20-18-,26-24-,32-30-. The number of rotatable bonds is 69. The minimum Gasteiger partial charge on any atom is -0.756 e. The van der Waals surface area contributed by atoms with Crippen LogP contribution in [-0.4, -0.2) is 68.5 Å². The van der Waals surface area contributed by atoms with Gasteiger partial charge in [-0.25, -0.2) is 0 Å². The van der Waals surface area contributed by atoms with Crippen molar-refractivity contribution in [3.63, 3.8) is 0 Å². The van der Waals surface area contributed by atoms with Gasteiger partial charge in [-0.05, 0) is 51.4 Å². The monoisotopic (exact) mass is 1190 g/mol. The topological polar surface area (TPSA) is 108 Å². The number of likely N-dealkylation sites (N-methyl/N-ethyl adjacent to an activating group) is 1. The first-order chi connectivity index (χ1) is 40.5. The molecule has 0 fully saturated rings. The Kier molecular flexibility index (Phi) is 64.2. The fourth-order valence-electron chi connectivity index (χ4n) is 11.4. The molecule has 8 nitrogen and oxygen atoms in total. The zero-order valence-corrected chi connectivity index (χ0v) is 57.3. The molecule has 0 heterocycles. The summed E-state index contributed by atoms with van der Waals surface area (Å²) in [6, 6.07) is -0.802. The summed E-state index contributed by atoms with van der Waals surface area (Å²) in [6.07, 6.45) is 86.6. The lowest BCUT2D eigenvalue weighted by Gasteiger charge is -2.30. The fourth-order valence-corrected chi connectivity index (χ4v) is 12.1. The molecule has 0 radical (unpaired) electrons. The molecule has 0 aliphatic rings. The second-order valence-electron chi connectivity index (χ2n) is 26.7. The molecule has 83 heavy (non-hydrogen) atoms. The van der Waals surface area contributed by atoms with Gasteiger partial charge in [-0.1, -0.05) is 359 Å². The summed E-state index contributed by atoms with van der Waals surface area (Å²) in [5.41, 5.74) is 0. The smallest absolute Gasteiger partial charge is 0.268 e. The molecule has 0 bridgehead atoms. The third-order valence-corrected chi connectivity index (χ3v) is 18.1. The van der Waals surface area contributed by atoms with Crippen molar-refractivity contribution in [2.45, 2.75) is 392 Å². The zero-order valence-electron chi connectivity index (χ0n) is 56.4. The molecule has 3 unspecified atom stereocenters. The molecule has 0 aliphatic heterocycles. The number of carbonyl (C=O) groups excluding carboxylic acids is 1. The first kappa shape index (κ1) is 81.7. The number of hydrogen-bond donors (Lipinski definition) is 2. The van der Waals surface area contributed by atoms with Crippen LogP contribution in [0.25, 0.3) is 0 Å². The molecule has 0 spiro atoms. The maximum atomic E-state index is 13.1. The number of amides is 1. The van der Waals surface area contributed by atoms with Crippen LogP contribution in [0.15, 0.2) is 36.5 Å². The Balaban J connectivity index is 3.99. The van der Waals surface area contributed by atoms with Gasteiger partial charge in [-0.3, -0.25) is 9.36 Å². The van der Waals surface area contributed by atoms with Crippen molar-refractivity contribution in [3.8, 4) is 0 Å². The summed E-state index contributed by atoms with van der Waals surface area (Å²) in [7, 11) is 1.32. The predicted molar refractivity (Wildman–Crippen MR) is 362 cm³/mol. The van der Waals surface area contributed by atoms with Gasteiger partial charge < -0.3 is 28.8 Å². The van der Waals surface area contributed by atoms with E-state index in [1.807, 2.05) is 21.1 Å². The van der Waals surface area contributed by atoms with Crippen molar-refractivity contribution < 1.29 is 32.9 Å². The third-order valence-electron chi connectivity index (χ3n) is 17.1. The molecule has 1 amide bonds. The summed E-state index contributed by atoms with van der Waals surface area (Å²) >= 11 is 0. The number of phosphoric acid groups is 1. The summed E-state index contributed by atoms with van der Waals surface area (Å²) in [6.45, 7) is 4.77. The summed E-state index contributed by atoms with van der Waals surface area (Å²) in [4.78, 5) is 25.7. The fraction of sp³-hybridized carbons (Fsp3) is 0.905. The highest BCUT2D eigenvalue weighted by Gasteiger charge is 2.24. The van der Waals surface area contributed by atoms with Crippen LogP contribution in [0.5, 0.6) is 0 Å². The molecule has 0 aromatic carbocycles. The number of hydrogen-bond acceptors (Lipinski definition) is 6. The number of aliphatic hydroxyl groups excluding tert-OH is 1. The van der Waals surface area contributed by atoms with Crippen LogP contribution in [0.2, 0.25) is 0 Å². The van der Waals surface area contributed by atoms with Crippen molar-refractivity contribution in [1.29, 1.82) is 0 Å². The highest BCUT2D eigenvalue weighted by atomic mass is 31.2. The summed E-state index contributed by atoms with van der Waals surface area (Å²) in [5.74, 6) is -0.158. The maximum Gasteiger partial charge on any atom is 0.268 e. The van der Waals surface area contributed by atoms with Crippen LogP contribution in [0.4, 0.5) is 0 Å². The first-order valence-electron chi connectivity index (χ1n) is 36.8. The van der Waals surface area contributed by atoms with E-state index in [-0.39, 0.29) is 19.1 Å². The maximum absolute atomic E-state index is 13.1. The van der Waals surface area contributed by atoms with Crippen molar-refractivity contribution in [3.05, 3.63) is 36.5 Å². The minimum atomic E-state index is -4.58. The van der Waals surface area contributed by atoms with Gasteiger partial charge in [0.05, 0.1) is 39.9 Å². The Hall–Kier alpha value is -1.28. The van der Waals surface area contributed by atoms with E-state index in [0.717, 1.165) is 51.4 Å². The van der Waals surface area contributed by atoms with Gasteiger partial charge in [0.15, 0.2) is 0 Å². The van der Waals surface area contributed by atoms with Crippen LogP contribution in [-0.2, 0) is 18.4 Å². The Bertz CT molecular complexity index is 1450. The van der Waals surface area contributed by atoms with E-state index in [0.29, 0.717) is 23.9 Å². The number of nitrogens with zero attached hydrogens (tertiary/aromatic N) is 1. The lowest BCUT2D eigenvalue weighted by Crippen LogP contribution is -2.46. The van der Waals surface area contributed by atoms with Crippen molar-refractivity contribution >= 4 is 13.7 Å². The van der Waals surface area contributed by atoms with Crippen LogP contribution in [0.3, 0.4) is 0 Å². The molecular weight excluding hydrogens is 1040 g/mol. The molecule has 0 saturated carbocycles. The average molecular weight is 1190 g/mol. The van der Waals surface area contributed by atoms with Gasteiger partial charge in [0.1, 0.15) is 13.2 Å². The Labute approximate surface area is 518 Å². The Morgan fingerprint density at radius 1 is 0.422 bits per heavy atom. The predicted octanol–water partition coefficient (Wildman–Crippen LogP) is 23.0. The average Bonchev–Trinajstić information content (AvgIpc) is 3.49. The zero-order chi connectivity index (χ0) is 60.5. The molecule has 0 aliphatic carbocycles. The second kappa shape index (κ2) is 65.2. The number of carbonyl (C=O) groups is 1. The van der Waals surface area contributed by atoms with Crippen LogP contribution < -0.4 is 10.2 Å². The van der Waals surface area contributed by atoms with Crippen molar-refractivity contribution in [1.82, 2.24) is 5.32 Å². The van der Waals surface area contributed by atoms with Crippen molar-refractivity contribution in [2.24, 2.45) is 0 Å². The highest BCUT2D eigenvalue weighted by Crippen LogP contribution is 2.38. The van der Waals surface area contributed by atoms with Gasteiger partial charge in [0.25, 0.3) is 7.82 Å². The Morgan fingerprint density at radius 2 is 0.699 bits per heavy atom. The number of unbranched alkanes of at least 4 members (excludes halogenated alkanes) is 50. The van der Waals surface area contributed by atoms with Crippen molar-refractivity contribution in [2.75, 3.05) is 40.9 Å². The number of allylic oxidation sites excluding steroid dienone is 6. The number of quaternary nitrogens is 1. The molecule has 3 atom stereocenters. The SMILES string of the molecule is CCCCCCC/C=C\C/C=C\C/C=C\CCCCCCCCCCCCCCCCCCC(=O)NC(COP(=O)([O-])OCC[N+](C)(C)C)C(O)CCCCCCCCCCCCCCCCCCCCCCCCCCCCCCCC. The number of aliphatic hydroxyl groups is 1. The van der Waals surface area contributed by atoms with Gasteiger partial charge in [-0.2, -0.15) is 0 Å². The minimum absolute atomic E-state index is 0.0138. The van der Waals surface area contributed by atoms with Crippen LogP contribution in [0, 0.1) is 0 Å². The van der Waals surface area contributed by atoms with Gasteiger partial charge >= 0.3 is 0 Å². The molecule has 0 rings (SSSR count). The van der Waals surface area contributed by atoms with E-state index in [4.69, 9.17) is 9.05 Å². The van der Waals surface area contributed by atoms with Crippen LogP contribution in [0.1, 0.15) is 380 Å². The van der Waals surface area contributed by atoms with Crippen LogP contribution >= 0.6 is 7.82 Å². The lowest BCUT2D eigenvalue weighted by molar-refractivity contribution is -0.870. The van der Waals surface area contributed by atoms with Gasteiger partial charge in [0.2, 0.25) is 5.91 Å². The normalized spacial score (nSPS) is 13.8. The highest BCUT2D eigenvalue weighted by molar-refractivity contribution is 7.45. The molecule has 0 saturated heterocycles. The first-order valence-corrected chi connectivity index (χ1v) is 38.3. The molecular formula is C74H145N2O6P. The molecule has 0 aromatic heterocycles. The second-order valence-corrected chi connectivity index (χ2v) is 28.1. The quantitative estimate of drug-likeness (QED) is 0.0272. The van der Waals surface area contributed by atoms with E-state index in [9.17, 15) is 19.4 Å². The molecule has 0 aromatic rings. The number of nitrogens with one attached hydrogen (secondary N) is 1. The van der Waals surface area contributed by atoms with E-state index in [1.54, 1.807) is 0 Å². The van der Waals surface area contributed by atoms with E-state index < -0.39 is 20.0 Å². The van der Waals surface area contributed by atoms with E-state index >= 15 is 0 Å².